The predicted octanol–water partition coefficient (Wildman–Crippen LogP) is 3.82. The lowest BCUT2D eigenvalue weighted by molar-refractivity contribution is 0.170. The summed E-state index contributed by atoms with van der Waals surface area (Å²) in [5.74, 6) is 1.75. The van der Waals surface area contributed by atoms with Crippen molar-refractivity contribution < 1.29 is 9.84 Å². The topological polar surface area (TPSA) is 65.9 Å². The molecule has 3 rings (SSSR count). The van der Waals surface area contributed by atoms with Crippen LogP contribution in [0.1, 0.15) is 24.2 Å². The van der Waals surface area contributed by atoms with Crippen LogP contribution in [0.4, 0.5) is 0 Å². The Morgan fingerprint density at radius 3 is 2.62 bits per heavy atom. The standard InChI is InChI=1S/C21H26ClN3O2.2ClH/c1-15(25-13-20(26)17-3-2-4-18(22)12-17)11-16-5-7-19(8-6-16)27-14-21-23-9-10-24-21;;/h2-8,12,15,20,25-26H,9-11,13-14H2,1H3,(H,23,24);2*1H. The summed E-state index contributed by atoms with van der Waals surface area (Å²) in [6.07, 6.45) is 0.297. The Bertz CT molecular complexity index is 772. The van der Waals surface area contributed by atoms with Gasteiger partial charge in [-0.15, -0.1) is 24.8 Å². The van der Waals surface area contributed by atoms with E-state index in [1.165, 1.54) is 5.56 Å². The number of benzene rings is 2. The number of ether oxygens (including phenoxy) is 1. The van der Waals surface area contributed by atoms with Crippen molar-refractivity contribution in [3.8, 4) is 5.75 Å². The Hall–Kier alpha value is -1.50. The highest BCUT2D eigenvalue weighted by molar-refractivity contribution is 6.30. The third-order valence-corrected chi connectivity index (χ3v) is 4.71. The van der Waals surface area contributed by atoms with Gasteiger partial charge in [-0.05, 0) is 48.7 Å². The van der Waals surface area contributed by atoms with Crippen molar-refractivity contribution in [3.05, 3.63) is 64.7 Å². The summed E-state index contributed by atoms with van der Waals surface area (Å²) in [6.45, 7) is 4.80. The Labute approximate surface area is 189 Å². The molecule has 0 bridgehead atoms. The van der Waals surface area contributed by atoms with Gasteiger partial charge in [0, 0.05) is 24.2 Å². The van der Waals surface area contributed by atoms with Crippen LogP contribution in [0.15, 0.2) is 53.5 Å². The highest BCUT2D eigenvalue weighted by atomic mass is 35.5. The Balaban J connectivity index is 0.00000210. The number of rotatable bonds is 9. The first kappa shape index (κ1) is 25.5. The summed E-state index contributed by atoms with van der Waals surface area (Å²) < 4.78 is 5.73. The molecule has 2 aromatic rings. The molecule has 0 saturated heterocycles. The molecule has 0 fully saturated rings. The van der Waals surface area contributed by atoms with Gasteiger partial charge in [0.2, 0.25) is 0 Å². The number of halogens is 3. The van der Waals surface area contributed by atoms with Crippen LogP contribution >= 0.6 is 36.4 Å². The molecule has 2 unspecified atom stereocenters. The number of hydrogen-bond donors (Lipinski definition) is 3. The van der Waals surface area contributed by atoms with E-state index in [-0.39, 0.29) is 30.9 Å². The van der Waals surface area contributed by atoms with Crippen molar-refractivity contribution in [1.29, 1.82) is 0 Å². The Morgan fingerprint density at radius 2 is 1.97 bits per heavy atom. The van der Waals surface area contributed by atoms with Gasteiger partial charge in [-0.1, -0.05) is 35.9 Å². The van der Waals surface area contributed by atoms with Crippen molar-refractivity contribution in [3.63, 3.8) is 0 Å². The molecular weight excluding hydrogens is 433 g/mol. The van der Waals surface area contributed by atoms with Gasteiger partial charge in [0.15, 0.2) is 0 Å². The minimum Gasteiger partial charge on any atom is -0.486 e. The van der Waals surface area contributed by atoms with Gasteiger partial charge in [0.05, 0.1) is 12.6 Å². The van der Waals surface area contributed by atoms with Gasteiger partial charge in [0.1, 0.15) is 18.2 Å². The number of amidine groups is 1. The van der Waals surface area contributed by atoms with Crippen molar-refractivity contribution in [2.45, 2.75) is 25.5 Å². The quantitative estimate of drug-likeness (QED) is 0.532. The number of aliphatic hydroxyl groups is 1. The van der Waals surface area contributed by atoms with Crippen LogP contribution in [0.25, 0.3) is 0 Å². The summed E-state index contributed by atoms with van der Waals surface area (Å²) in [7, 11) is 0. The largest absolute Gasteiger partial charge is 0.486 e. The second-order valence-corrected chi connectivity index (χ2v) is 7.21. The van der Waals surface area contributed by atoms with E-state index in [1.54, 1.807) is 12.1 Å². The predicted molar refractivity (Wildman–Crippen MR) is 124 cm³/mol. The first-order chi connectivity index (χ1) is 13.1. The second-order valence-electron chi connectivity index (χ2n) is 6.77. The van der Waals surface area contributed by atoms with E-state index < -0.39 is 6.10 Å². The molecule has 0 spiro atoms. The van der Waals surface area contributed by atoms with Crippen LogP contribution < -0.4 is 15.4 Å². The van der Waals surface area contributed by atoms with Crippen LogP contribution in [0, 0.1) is 0 Å². The van der Waals surface area contributed by atoms with Crippen LogP contribution in [0.2, 0.25) is 5.02 Å². The molecule has 8 heteroatoms. The van der Waals surface area contributed by atoms with Crippen LogP contribution in [-0.4, -0.2) is 43.2 Å². The van der Waals surface area contributed by atoms with Crippen molar-refractivity contribution in [2.24, 2.45) is 4.99 Å². The molecule has 0 saturated carbocycles. The molecule has 2 atom stereocenters. The lowest BCUT2D eigenvalue weighted by Gasteiger charge is -2.18. The number of aliphatic hydroxyl groups excluding tert-OH is 1. The van der Waals surface area contributed by atoms with Crippen LogP contribution in [-0.2, 0) is 6.42 Å². The summed E-state index contributed by atoms with van der Waals surface area (Å²) in [5.41, 5.74) is 2.04. The van der Waals surface area contributed by atoms with E-state index in [0.717, 1.165) is 36.7 Å². The van der Waals surface area contributed by atoms with Gasteiger partial charge < -0.3 is 20.5 Å². The minimum atomic E-state index is -0.575. The normalized spacial score (nSPS) is 14.7. The molecule has 1 aliphatic heterocycles. The average molecular weight is 461 g/mol. The van der Waals surface area contributed by atoms with Gasteiger partial charge in [-0.3, -0.25) is 4.99 Å². The van der Waals surface area contributed by atoms with E-state index in [4.69, 9.17) is 16.3 Å². The van der Waals surface area contributed by atoms with Crippen molar-refractivity contribution >= 4 is 42.3 Å². The van der Waals surface area contributed by atoms with Gasteiger partial charge >= 0.3 is 0 Å². The Morgan fingerprint density at radius 1 is 1.21 bits per heavy atom. The fourth-order valence-electron chi connectivity index (χ4n) is 2.99. The van der Waals surface area contributed by atoms with E-state index in [1.807, 2.05) is 24.3 Å². The molecule has 3 N–H and O–H groups in total. The van der Waals surface area contributed by atoms with Gasteiger partial charge in [0.25, 0.3) is 0 Å². The molecule has 0 aromatic heterocycles. The second kappa shape index (κ2) is 12.9. The number of nitrogens with zero attached hydrogens (tertiary/aromatic N) is 1. The summed E-state index contributed by atoms with van der Waals surface area (Å²) in [5, 5.41) is 17.5. The van der Waals surface area contributed by atoms with E-state index >= 15 is 0 Å². The van der Waals surface area contributed by atoms with Gasteiger partial charge in [-0.25, -0.2) is 0 Å². The lowest BCUT2D eigenvalue weighted by atomic mass is 10.1. The summed E-state index contributed by atoms with van der Waals surface area (Å²) in [6, 6.07) is 15.7. The molecule has 0 radical (unpaired) electrons. The first-order valence-corrected chi connectivity index (χ1v) is 9.64. The first-order valence-electron chi connectivity index (χ1n) is 9.26. The molecule has 0 aliphatic carbocycles. The number of nitrogens with one attached hydrogen (secondary N) is 2. The SMILES string of the molecule is CC(Cc1ccc(OCC2=NCCN2)cc1)NCC(O)c1cccc(Cl)c1.Cl.Cl. The molecule has 5 nitrogen and oxygen atoms in total. The van der Waals surface area contributed by atoms with Gasteiger partial charge in [-0.2, -0.15) is 0 Å². The molecule has 29 heavy (non-hydrogen) atoms. The van der Waals surface area contributed by atoms with E-state index in [2.05, 4.69) is 34.7 Å². The third kappa shape index (κ3) is 8.41. The molecule has 2 aromatic carbocycles. The highest BCUT2D eigenvalue weighted by Gasteiger charge is 2.11. The summed E-state index contributed by atoms with van der Waals surface area (Å²) >= 11 is 5.98. The smallest absolute Gasteiger partial charge is 0.145 e. The summed E-state index contributed by atoms with van der Waals surface area (Å²) in [4.78, 5) is 4.31. The van der Waals surface area contributed by atoms with Crippen LogP contribution in [0.5, 0.6) is 5.75 Å². The van der Waals surface area contributed by atoms with Crippen LogP contribution in [0.3, 0.4) is 0 Å². The zero-order chi connectivity index (χ0) is 19.1. The minimum absolute atomic E-state index is 0. The maximum atomic E-state index is 10.3. The van der Waals surface area contributed by atoms with Crippen molar-refractivity contribution in [2.75, 3.05) is 26.2 Å². The molecular formula is C21H28Cl3N3O2. The molecule has 1 heterocycles. The average Bonchev–Trinajstić information content (AvgIpc) is 3.19. The third-order valence-electron chi connectivity index (χ3n) is 4.48. The highest BCUT2D eigenvalue weighted by Crippen LogP contribution is 2.18. The zero-order valence-electron chi connectivity index (χ0n) is 16.3. The molecule has 160 valence electrons. The van der Waals surface area contributed by atoms with E-state index in [0.29, 0.717) is 18.2 Å². The Kier molecular flexibility index (Phi) is 11.4. The van der Waals surface area contributed by atoms with E-state index in [9.17, 15) is 5.11 Å². The molecule has 0 amide bonds. The zero-order valence-corrected chi connectivity index (χ0v) is 18.7. The maximum absolute atomic E-state index is 10.3. The fraction of sp³-hybridized carbons (Fsp3) is 0.381. The number of aliphatic imine (C=N–C) groups is 1. The molecule has 1 aliphatic rings. The lowest BCUT2D eigenvalue weighted by Crippen LogP contribution is -2.32. The monoisotopic (exact) mass is 459 g/mol. The number of hydrogen-bond acceptors (Lipinski definition) is 5. The van der Waals surface area contributed by atoms with Crippen molar-refractivity contribution in [1.82, 2.24) is 10.6 Å². The maximum Gasteiger partial charge on any atom is 0.145 e. The fourth-order valence-corrected chi connectivity index (χ4v) is 3.19.